The summed E-state index contributed by atoms with van der Waals surface area (Å²) < 4.78 is 2.84. The molecule has 0 spiro atoms. The SMILES string of the molecule is Cc1nn(-c2ccc(CCl)cc2Cl)c(C)c1Br. The number of aromatic nitrogens is 2. The van der Waals surface area contributed by atoms with Crippen LogP contribution in [0.5, 0.6) is 0 Å². The van der Waals surface area contributed by atoms with Crippen LogP contribution in [0.4, 0.5) is 0 Å². The van der Waals surface area contributed by atoms with E-state index < -0.39 is 0 Å². The first kappa shape index (κ1) is 12.9. The highest BCUT2D eigenvalue weighted by molar-refractivity contribution is 9.10. The van der Waals surface area contributed by atoms with Gasteiger partial charge in [0.1, 0.15) is 0 Å². The second kappa shape index (κ2) is 5.01. The average Bonchev–Trinajstić information content (AvgIpc) is 2.57. The summed E-state index contributed by atoms with van der Waals surface area (Å²) in [5, 5.41) is 5.10. The van der Waals surface area contributed by atoms with Crippen LogP contribution in [0.25, 0.3) is 5.69 Å². The molecular weight excluding hydrogens is 323 g/mol. The molecule has 1 heterocycles. The van der Waals surface area contributed by atoms with Crippen molar-refractivity contribution in [3.8, 4) is 5.69 Å². The monoisotopic (exact) mass is 332 g/mol. The number of hydrogen-bond acceptors (Lipinski definition) is 1. The molecule has 0 fully saturated rings. The Balaban J connectivity index is 2.57. The van der Waals surface area contributed by atoms with Gasteiger partial charge in [-0.25, -0.2) is 4.68 Å². The van der Waals surface area contributed by atoms with Gasteiger partial charge >= 0.3 is 0 Å². The van der Waals surface area contributed by atoms with E-state index in [0.717, 1.165) is 27.1 Å². The zero-order valence-corrected chi connectivity index (χ0v) is 12.6. The Kier molecular flexibility index (Phi) is 3.81. The third-order valence-corrected chi connectivity index (χ3v) is 4.36. The molecule has 0 unspecified atom stereocenters. The Morgan fingerprint density at radius 1 is 1.35 bits per heavy atom. The van der Waals surface area contributed by atoms with Crippen LogP contribution in [0.2, 0.25) is 5.02 Å². The number of aryl methyl sites for hydroxylation is 1. The molecule has 90 valence electrons. The van der Waals surface area contributed by atoms with Crippen LogP contribution in [-0.4, -0.2) is 9.78 Å². The summed E-state index contributed by atoms with van der Waals surface area (Å²) in [6, 6.07) is 5.76. The summed E-state index contributed by atoms with van der Waals surface area (Å²) in [6.07, 6.45) is 0. The lowest BCUT2D eigenvalue weighted by atomic mass is 10.2. The Bertz CT molecular complexity index is 564. The minimum atomic E-state index is 0.459. The van der Waals surface area contributed by atoms with Crippen molar-refractivity contribution in [1.29, 1.82) is 0 Å². The van der Waals surface area contributed by atoms with Crippen molar-refractivity contribution in [2.45, 2.75) is 19.7 Å². The Morgan fingerprint density at radius 3 is 2.53 bits per heavy atom. The van der Waals surface area contributed by atoms with Crippen molar-refractivity contribution in [1.82, 2.24) is 9.78 Å². The van der Waals surface area contributed by atoms with Gasteiger partial charge in [-0.3, -0.25) is 0 Å². The molecule has 0 N–H and O–H groups in total. The van der Waals surface area contributed by atoms with Crippen molar-refractivity contribution in [2.75, 3.05) is 0 Å². The largest absolute Gasteiger partial charge is 0.235 e. The molecule has 17 heavy (non-hydrogen) atoms. The third kappa shape index (κ3) is 2.37. The van der Waals surface area contributed by atoms with E-state index in [4.69, 9.17) is 23.2 Å². The molecule has 0 amide bonds. The van der Waals surface area contributed by atoms with Crippen LogP contribution in [0, 0.1) is 13.8 Å². The fourth-order valence-electron chi connectivity index (χ4n) is 1.66. The molecule has 0 radical (unpaired) electrons. The highest BCUT2D eigenvalue weighted by Crippen LogP contribution is 2.27. The summed E-state index contributed by atoms with van der Waals surface area (Å²) in [7, 11) is 0. The summed E-state index contributed by atoms with van der Waals surface area (Å²) >= 11 is 15.5. The van der Waals surface area contributed by atoms with E-state index in [9.17, 15) is 0 Å². The van der Waals surface area contributed by atoms with Gasteiger partial charge in [0.05, 0.1) is 26.6 Å². The van der Waals surface area contributed by atoms with E-state index in [2.05, 4.69) is 21.0 Å². The summed E-state index contributed by atoms with van der Waals surface area (Å²) in [5.41, 5.74) is 3.84. The summed E-state index contributed by atoms with van der Waals surface area (Å²) in [5.74, 6) is 0.459. The first-order valence-electron chi connectivity index (χ1n) is 5.11. The number of nitrogens with zero attached hydrogens (tertiary/aromatic N) is 2. The number of halogens is 3. The Labute approximate surface area is 119 Å². The van der Waals surface area contributed by atoms with E-state index in [-0.39, 0.29) is 0 Å². The lowest BCUT2D eigenvalue weighted by Crippen LogP contribution is -2.00. The van der Waals surface area contributed by atoms with Gasteiger partial charge in [-0.05, 0) is 47.5 Å². The van der Waals surface area contributed by atoms with E-state index in [1.54, 1.807) is 0 Å². The first-order valence-corrected chi connectivity index (χ1v) is 6.81. The molecule has 0 saturated heterocycles. The van der Waals surface area contributed by atoms with Crippen LogP contribution in [-0.2, 0) is 5.88 Å². The molecule has 5 heteroatoms. The minimum absolute atomic E-state index is 0.459. The summed E-state index contributed by atoms with van der Waals surface area (Å²) in [6.45, 7) is 3.95. The maximum atomic E-state index is 6.24. The minimum Gasteiger partial charge on any atom is -0.235 e. The van der Waals surface area contributed by atoms with Gasteiger partial charge in [0.2, 0.25) is 0 Å². The van der Waals surface area contributed by atoms with Gasteiger partial charge in [-0.15, -0.1) is 11.6 Å². The average molecular weight is 334 g/mol. The normalized spacial score (nSPS) is 10.9. The molecule has 0 aliphatic heterocycles. The molecule has 2 aromatic rings. The van der Waals surface area contributed by atoms with E-state index in [1.807, 2.05) is 36.7 Å². The van der Waals surface area contributed by atoms with E-state index in [1.165, 1.54) is 0 Å². The van der Waals surface area contributed by atoms with Crippen LogP contribution in [0.3, 0.4) is 0 Å². The maximum Gasteiger partial charge on any atom is 0.0835 e. The molecule has 1 aromatic heterocycles. The molecule has 1 aromatic carbocycles. The summed E-state index contributed by atoms with van der Waals surface area (Å²) in [4.78, 5) is 0. The number of benzene rings is 1. The van der Waals surface area contributed by atoms with Crippen LogP contribution < -0.4 is 0 Å². The molecule has 0 atom stereocenters. The molecule has 2 rings (SSSR count). The van der Waals surface area contributed by atoms with E-state index in [0.29, 0.717) is 10.9 Å². The smallest absolute Gasteiger partial charge is 0.0835 e. The van der Waals surface area contributed by atoms with Crippen molar-refractivity contribution in [3.05, 3.63) is 44.6 Å². The Morgan fingerprint density at radius 2 is 2.06 bits per heavy atom. The highest BCUT2D eigenvalue weighted by atomic mass is 79.9. The lowest BCUT2D eigenvalue weighted by molar-refractivity contribution is 0.833. The first-order chi connectivity index (χ1) is 8.04. The van der Waals surface area contributed by atoms with Crippen LogP contribution in [0.15, 0.2) is 22.7 Å². The predicted octanol–water partition coefficient (Wildman–Crippen LogP) is 4.64. The molecule has 0 saturated carbocycles. The van der Waals surface area contributed by atoms with Crippen LogP contribution in [0.1, 0.15) is 17.0 Å². The Hall–Kier alpha value is -0.510. The van der Waals surface area contributed by atoms with Gasteiger partial charge in [-0.2, -0.15) is 5.10 Å². The van der Waals surface area contributed by atoms with Gasteiger partial charge in [-0.1, -0.05) is 17.7 Å². The van der Waals surface area contributed by atoms with Crippen molar-refractivity contribution >= 4 is 39.1 Å². The number of rotatable bonds is 2. The lowest BCUT2D eigenvalue weighted by Gasteiger charge is -2.08. The second-order valence-corrected chi connectivity index (χ2v) is 5.28. The van der Waals surface area contributed by atoms with Gasteiger partial charge < -0.3 is 0 Å². The standard InChI is InChI=1S/C12H11BrCl2N2/c1-7-12(13)8(2)17(16-7)11-4-3-9(6-14)5-10(11)15/h3-5H,6H2,1-2H3. The molecule has 0 aliphatic rings. The quantitative estimate of drug-likeness (QED) is 0.732. The zero-order chi connectivity index (χ0) is 12.6. The van der Waals surface area contributed by atoms with Crippen molar-refractivity contribution in [3.63, 3.8) is 0 Å². The fraction of sp³-hybridized carbons (Fsp3) is 0.250. The topological polar surface area (TPSA) is 17.8 Å². The highest BCUT2D eigenvalue weighted by Gasteiger charge is 2.12. The van der Waals surface area contributed by atoms with E-state index >= 15 is 0 Å². The van der Waals surface area contributed by atoms with Crippen LogP contribution >= 0.6 is 39.1 Å². The van der Waals surface area contributed by atoms with Crippen molar-refractivity contribution < 1.29 is 0 Å². The van der Waals surface area contributed by atoms with Gasteiger partial charge in [0.15, 0.2) is 0 Å². The maximum absolute atomic E-state index is 6.24. The zero-order valence-electron chi connectivity index (χ0n) is 9.47. The van der Waals surface area contributed by atoms with Gasteiger partial charge in [0.25, 0.3) is 0 Å². The number of alkyl halides is 1. The molecular formula is C12H11BrCl2N2. The number of hydrogen-bond donors (Lipinski definition) is 0. The molecule has 0 bridgehead atoms. The van der Waals surface area contributed by atoms with Gasteiger partial charge in [0, 0.05) is 5.88 Å². The van der Waals surface area contributed by atoms with Crippen molar-refractivity contribution in [2.24, 2.45) is 0 Å². The second-order valence-electron chi connectivity index (χ2n) is 3.82. The molecule has 0 aliphatic carbocycles. The predicted molar refractivity (Wildman–Crippen MR) is 75.3 cm³/mol. The third-order valence-electron chi connectivity index (χ3n) is 2.60. The fourth-order valence-corrected chi connectivity index (χ4v) is 2.36. The molecule has 2 nitrogen and oxygen atoms in total.